The van der Waals surface area contributed by atoms with Gasteiger partial charge in [-0.05, 0) is 6.42 Å². The number of esters is 1. The van der Waals surface area contributed by atoms with Crippen molar-refractivity contribution in [3.63, 3.8) is 0 Å². The van der Waals surface area contributed by atoms with Crippen LogP contribution in [-0.4, -0.2) is 30.3 Å². The number of hydrogen-bond acceptors (Lipinski definition) is 3. The first kappa shape index (κ1) is 21.7. The van der Waals surface area contributed by atoms with Crippen molar-refractivity contribution in [1.29, 1.82) is 0 Å². The van der Waals surface area contributed by atoms with Crippen LogP contribution >= 0.6 is 7.37 Å². The molecule has 0 spiro atoms. The number of methoxy groups -OCH3 is 1. The lowest BCUT2D eigenvalue weighted by atomic mass is 10.1. The Morgan fingerprint density at radius 3 is 1.91 bits per heavy atom. The largest absolute Gasteiger partial charge is 0.469 e. The van der Waals surface area contributed by atoms with E-state index in [1.165, 1.54) is 52.1 Å². The van der Waals surface area contributed by atoms with Crippen LogP contribution in [-0.2, 0) is 14.1 Å². The van der Waals surface area contributed by atoms with Crippen molar-refractivity contribution >= 4 is 13.3 Å². The summed E-state index contributed by atoms with van der Waals surface area (Å²) in [5, 5.41) is 0. The number of ether oxygens (including phenoxy) is 1. The van der Waals surface area contributed by atoms with Gasteiger partial charge in [-0.2, -0.15) is 0 Å². The molecule has 0 saturated carbocycles. The molecule has 0 aliphatic carbocycles. The number of unbranched alkanes of at least 4 members (excludes halogenated alkanes) is 9. The Morgan fingerprint density at radius 2 is 1.45 bits per heavy atom. The fourth-order valence-corrected chi connectivity index (χ4v) is 4.55. The molecule has 0 aliphatic heterocycles. The van der Waals surface area contributed by atoms with Gasteiger partial charge in [0.15, 0.2) is 0 Å². The average molecular weight is 334 g/mol. The number of rotatable bonds is 14. The van der Waals surface area contributed by atoms with Gasteiger partial charge in [0.2, 0.25) is 7.37 Å². The van der Waals surface area contributed by atoms with Crippen LogP contribution in [0.1, 0.15) is 78.1 Å². The number of hydrogen-bond donors (Lipinski definition) is 1. The highest BCUT2D eigenvalue weighted by atomic mass is 31.2. The molecule has 22 heavy (non-hydrogen) atoms. The van der Waals surface area contributed by atoms with Gasteiger partial charge in [-0.15, -0.1) is 0 Å². The van der Waals surface area contributed by atoms with Gasteiger partial charge in [0.1, 0.15) is 0 Å². The van der Waals surface area contributed by atoms with Crippen LogP contribution in [0.3, 0.4) is 0 Å². The maximum atomic E-state index is 12.0. The minimum atomic E-state index is -3.19. The van der Waals surface area contributed by atoms with Crippen LogP contribution in [0.25, 0.3) is 0 Å². The molecule has 0 aliphatic rings. The van der Waals surface area contributed by atoms with Crippen molar-refractivity contribution < 1.29 is 19.0 Å². The highest BCUT2D eigenvalue weighted by molar-refractivity contribution is 7.58. The summed E-state index contributed by atoms with van der Waals surface area (Å²) in [4.78, 5) is 21.2. The summed E-state index contributed by atoms with van der Waals surface area (Å²) in [6, 6.07) is 0. The molecule has 0 bridgehead atoms. The lowest BCUT2D eigenvalue weighted by molar-refractivity contribution is -0.144. The predicted molar refractivity (Wildman–Crippen MR) is 92.6 cm³/mol. The molecule has 0 aromatic rings. The highest BCUT2D eigenvalue weighted by Gasteiger charge is 2.25. The molecule has 0 aromatic heterocycles. The summed E-state index contributed by atoms with van der Waals surface area (Å²) in [5.74, 6) is -0.902. The maximum absolute atomic E-state index is 12.0. The van der Waals surface area contributed by atoms with Gasteiger partial charge in [0, 0.05) is 12.3 Å². The van der Waals surface area contributed by atoms with Crippen molar-refractivity contribution in [3.05, 3.63) is 0 Å². The molecule has 0 amide bonds. The fraction of sp³-hybridized carbons (Fsp3) is 0.941. The van der Waals surface area contributed by atoms with Crippen molar-refractivity contribution in [1.82, 2.24) is 0 Å². The molecule has 0 radical (unpaired) electrons. The molecule has 5 heteroatoms. The lowest BCUT2D eigenvalue weighted by Gasteiger charge is -2.15. The van der Waals surface area contributed by atoms with Crippen molar-refractivity contribution in [2.24, 2.45) is 5.92 Å². The topological polar surface area (TPSA) is 63.6 Å². The SMILES string of the molecule is CCCCCCCCCCCCP(=O)(O)CC(C)C(=O)OC. The minimum absolute atomic E-state index is 0.0388. The van der Waals surface area contributed by atoms with E-state index in [-0.39, 0.29) is 6.16 Å². The zero-order valence-corrected chi connectivity index (χ0v) is 15.6. The zero-order valence-electron chi connectivity index (χ0n) is 14.7. The minimum Gasteiger partial charge on any atom is -0.469 e. The normalized spacial score (nSPS) is 15.3. The van der Waals surface area contributed by atoms with Gasteiger partial charge >= 0.3 is 5.97 Å². The van der Waals surface area contributed by atoms with Gasteiger partial charge in [0.25, 0.3) is 0 Å². The molecule has 1 N–H and O–H groups in total. The first-order chi connectivity index (χ1) is 10.4. The van der Waals surface area contributed by atoms with Crippen LogP contribution in [0.15, 0.2) is 0 Å². The third-order valence-corrected chi connectivity index (χ3v) is 6.16. The van der Waals surface area contributed by atoms with Gasteiger partial charge in [0.05, 0.1) is 13.0 Å². The van der Waals surface area contributed by atoms with E-state index in [1.807, 2.05) is 0 Å². The lowest BCUT2D eigenvalue weighted by Crippen LogP contribution is -2.17. The molecule has 0 saturated heterocycles. The van der Waals surface area contributed by atoms with Crippen LogP contribution in [0.5, 0.6) is 0 Å². The summed E-state index contributed by atoms with van der Waals surface area (Å²) >= 11 is 0. The molecule has 2 unspecified atom stereocenters. The highest BCUT2D eigenvalue weighted by Crippen LogP contribution is 2.43. The first-order valence-electron chi connectivity index (χ1n) is 8.81. The smallest absolute Gasteiger partial charge is 0.308 e. The first-order valence-corrected chi connectivity index (χ1v) is 10.8. The monoisotopic (exact) mass is 334 g/mol. The van der Waals surface area contributed by atoms with E-state index >= 15 is 0 Å². The Balaban J connectivity index is 3.57. The van der Waals surface area contributed by atoms with Crippen LogP contribution in [0.2, 0.25) is 0 Å². The molecule has 0 fully saturated rings. The number of carbonyl (C=O) groups excluding carboxylic acids is 1. The summed E-state index contributed by atoms with van der Waals surface area (Å²) in [6.07, 6.45) is 12.4. The second kappa shape index (κ2) is 13.1. The van der Waals surface area contributed by atoms with E-state index in [1.54, 1.807) is 6.92 Å². The van der Waals surface area contributed by atoms with Crippen LogP contribution < -0.4 is 0 Å². The quantitative estimate of drug-likeness (QED) is 0.276. The van der Waals surface area contributed by atoms with Gasteiger partial charge < -0.3 is 9.63 Å². The molecule has 4 nitrogen and oxygen atoms in total. The van der Waals surface area contributed by atoms with Crippen LogP contribution in [0, 0.1) is 5.92 Å². The molecular weight excluding hydrogens is 299 g/mol. The molecule has 0 rings (SSSR count). The maximum Gasteiger partial charge on any atom is 0.308 e. The Hall–Kier alpha value is -0.340. The molecule has 2 atom stereocenters. The Morgan fingerprint density at radius 1 is 1.00 bits per heavy atom. The fourth-order valence-electron chi connectivity index (χ4n) is 2.64. The van der Waals surface area contributed by atoms with E-state index in [4.69, 9.17) is 0 Å². The Kier molecular flexibility index (Phi) is 12.9. The van der Waals surface area contributed by atoms with E-state index in [0.29, 0.717) is 6.16 Å². The second-order valence-corrected chi connectivity index (χ2v) is 8.86. The summed E-state index contributed by atoms with van der Waals surface area (Å²) in [5.41, 5.74) is 0. The third kappa shape index (κ3) is 12.2. The average Bonchev–Trinajstić information content (AvgIpc) is 2.47. The van der Waals surface area contributed by atoms with E-state index in [9.17, 15) is 14.3 Å². The zero-order chi connectivity index (χ0) is 16.8. The molecular formula is C17H35O4P. The molecule has 132 valence electrons. The predicted octanol–water partition coefficient (Wildman–Crippen LogP) is 4.99. The third-order valence-electron chi connectivity index (χ3n) is 4.02. The van der Waals surface area contributed by atoms with Gasteiger partial charge in [-0.3, -0.25) is 9.36 Å². The van der Waals surface area contributed by atoms with Crippen molar-refractivity contribution in [2.75, 3.05) is 19.4 Å². The standard InChI is InChI=1S/C17H35O4P/c1-4-5-6-7-8-9-10-11-12-13-14-22(19,20)15-16(2)17(18)21-3/h16H,4-15H2,1-3H3,(H,19,20). The Labute approximate surface area is 136 Å². The van der Waals surface area contributed by atoms with E-state index < -0.39 is 19.3 Å². The summed E-state index contributed by atoms with van der Waals surface area (Å²) < 4.78 is 16.6. The van der Waals surface area contributed by atoms with Crippen molar-refractivity contribution in [3.8, 4) is 0 Å². The van der Waals surface area contributed by atoms with Crippen LogP contribution in [0.4, 0.5) is 0 Å². The van der Waals surface area contributed by atoms with Crippen molar-refractivity contribution in [2.45, 2.75) is 78.1 Å². The van der Waals surface area contributed by atoms with Gasteiger partial charge in [-0.25, -0.2) is 0 Å². The summed E-state index contributed by atoms with van der Waals surface area (Å²) in [6.45, 7) is 3.87. The Bertz CT molecular complexity index is 331. The van der Waals surface area contributed by atoms with Gasteiger partial charge in [-0.1, -0.05) is 71.6 Å². The molecule has 0 aromatic carbocycles. The number of carbonyl (C=O) groups is 1. The molecule has 0 heterocycles. The van der Waals surface area contributed by atoms with E-state index in [0.717, 1.165) is 19.3 Å². The summed E-state index contributed by atoms with van der Waals surface area (Å²) in [7, 11) is -1.88. The second-order valence-electron chi connectivity index (χ2n) is 6.36. The van der Waals surface area contributed by atoms with E-state index in [2.05, 4.69) is 11.7 Å².